The fourth-order valence-corrected chi connectivity index (χ4v) is 3.13. The lowest BCUT2D eigenvalue weighted by Gasteiger charge is -2.40. The van der Waals surface area contributed by atoms with Crippen molar-refractivity contribution >= 4 is 23.0 Å². The van der Waals surface area contributed by atoms with Gasteiger partial charge in [-0.1, -0.05) is 12.1 Å². The molecule has 25 heavy (non-hydrogen) atoms. The normalized spacial score (nSPS) is 15.3. The van der Waals surface area contributed by atoms with Crippen molar-refractivity contribution in [1.29, 1.82) is 0 Å². The van der Waals surface area contributed by atoms with Gasteiger partial charge in [-0.15, -0.1) is 0 Å². The van der Waals surface area contributed by atoms with Crippen LogP contribution in [0.3, 0.4) is 0 Å². The molecule has 5 heteroatoms. The highest BCUT2D eigenvalue weighted by Crippen LogP contribution is 2.38. The summed E-state index contributed by atoms with van der Waals surface area (Å²) in [6.07, 6.45) is 0. The van der Waals surface area contributed by atoms with Gasteiger partial charge in [-0.3, -0.25) is 4.79 Å². The number of ether oxygens (including phenoxy) is 1. The van der Waals surface area contributed by atoms with Crippen molar-refractivity contribution in [2.24, 2.45) is 0 Å². The van der Waals surface area contributed by atoms with E-state index in [1.165, 1.54) is 0 Å². The Morgan fingerprint density at radius 1 is 1.28 bits per heavy atom. The SMILES string of the molecule is Cc1cccc(NC(=O)CN2CC(C)(C)Oc3ccc(N)cc32)c1C. The molecule has 0 atom stereocenters. The molecule has 1 aliphatic rings. The summed E-state index contributed by atoms with van der Waals surface area (Å²) < 4.78 is 6.01. The van der Waals surface area contributed by atoms with Crippen LogP contribution in [-0.4, -0.2) is 24.6 Å². The van der Waals surface area contributed by atoms with E-state index in [9.17, 15) is 4.79 Å². The molecule has 0 spiro atoms. The van der Waals surface area contributed by atoms with Crippen LogP contribution in [0.15, 0.2) is 36.4 Å². The first kappa shape index (κ1) is 17.1. The standard InChI is InChI=1S/C20H25N3O2/c1-13-6-5-7-16(14(13)2)22-19(24)11-23-12-20(3,4)25-18-9-8-15(21)10-17(18)23/h5-10H,11-12,21H2,1-4H3,(H,22,24). The zero-order valence-electron chi connectivity index (χ0n) is 15.2. The van der Waals surface area contributed by atoms with Gasteiger partial charge in [0.2, 0.25) is 5.91 Å². The third-order valence-corrected chi connectivity index (χ3v) is 4.49. The monoisotopic (exact) mass is 339 g/mol. The van der Waals surface area contributed by atoms with E-state index in [0.29, 0.717) is 12.2 Å². The van der Waals surface area contributed by atoms with Gasteiger partial charge in [0.25, 0.3) is 0 Å². The first-order valence-corrected chi connectivity index (χ1v) is 8.45. The Labute approximate surface area is 148 Å². The number of hydrogen-bond acceptors (Lipinski definition) is 4. The molecule has 2 aromatic rings. The van der Waals surface area contributed by atoms with Crippen LogP contribution < -0.4 is 20.7 Å². The molecule has 1 heterocycles. The molecule has 0 saturated carbocycles. The minimum Gasteiger partial charge on any atom is -0.484 e. The first-order chi connectivity index (χ1) is 11.7. The average Bonchev–Trinajstić information content (AvgIpc) is 2.52. The minimum absolute atomic E-state index is 0.0558. The van der Waals surface area contributed by atoms with Gasteiger partial charge >= 0.3 is 0 Å². The molecule has 3 N–H and O–H groups in total. The van der Waals surface area contributed by atoms with Crippen LogP contribution in [0.25, 0.3) is 0 Å². The summed E-state index contributed by atoms with van der Waals surface area (Å²) in [4.78, 5) is 14.6. The number of benzene rings is 2. The van der Waals surface area contributed by atoms with Crippen molar-refractivity contribution in [3.05, 3.63) is 47.5 Å². The molecule has 0 bridgehead atoms. The zero-order chi connectivity index (χ0) is 18.2. The fraction of sp³-hybridized carbons (Fsp3) is 0.350. The van der Waals surface area contributed by atoms with E-state index in [-0.39, 0.29) is 18.1 Å². The highest BCUT2D eigenvalue weighted by Gasteiger charge is 2.32. The van der Waals surface area contributed by atoms with Gasteiger partial charge < -0.3 is 20.7 Å². The second-order valence-electron chi connectivity index (χ2n) is 7.24. The van der Waals surface area contributed by atoms with Crippen molar-refractivity contribution in [1.82, 2.24) is 0 Å². The van der Waals surface area contributed by atoms with E-state index in [0.717, 1.165) is 28.3 Å². The fourth-order valence-electron chi connectivity index (χ4n) is 3.13. The number of nitrogens with zero attached hydrogens (tertiary/aromatic N) is 1. The van der Waals surface area contributed by atoms with E-state index in [1.54, 1.807) is 0 Å². The summed E-state index contributed by atoms with van der Waals surface area (Å²) in [6, 6.07) is 11.4. The Bertz CT molecular complexity index is 815. The Balaban J connectivity index is 1.81. The largest absolute Gasteiger partial charge is 0.484 e. The highest BCUT2D eigenvalue weighted by atomic mass is 16.5. The number of carbonyl (C=O) groups excluding carboxylic acids is 1. The summed E-state index contributed by atoms with van der Waals surface area (Å²) in [5, 5.41) is 3.02. The van der Waals surface area contributed by atoms with Gasteiger partial charge in [-0.05, 0) is 63.1 Å². The number of amides is 1. The van der Waals surface area contributed by atoms with Crippen molar-refractivity contribution in [2.45, 2.75) is 33.3 Å². The number of anilines is 3. The van der Waals surface area contributed by atoms with Crippen LogP contribution in [0.4, 0.5) is 17.1 Å². The van der Waals surface area contributed by atoms with Gasteiger partial charge in [-0.2, -0.15) is 0 Å². The number of rotatable bonds is 3. The van der Waals surface area contributed by atoms with Crippen molar-refractivity contribution in [3.8, 4) is 5.75 Å². The van der Waals surface area contributed by atoms with Gasteiger partial charge in [0.1, 0.15) is 11.4 Å². The number of fused-ring (bicyclic) bond motifs is 1. The molecule has 1 aliphatic heterocycles. The van der Waals surface area contributed by atoms with Gasteiger partial charge in [0.05, 0.1) is 18.8 Å². The molecular weight excluding hydrogens is 314 g/mol. The van der Waals surface area contributed by atoms with E-state index in [2.05, 4.69) is 5.32 Å². The second-order valence-corrected chi connectivity index (χ2v) is 7.24. The van der Waals surface area contributed by atoms with Crippen molar-refractivity contribution in [2.75, 3.05) is 29.0 Å². The number of hydrogen-bond donors (Lipinski definition) is 2. The van der Waals surface area contributed by atoms with Gasteiger partial charge in [-0.25, -0.2) is 0 Å². The van der Waals surface area contributed by atoms with E-state index < -0.39 is 0 Å². The molecular formula is C20H25N3O2. The maximum Gasteiger partial charge on any atom is 0.243 e. The van der Waals surface area contributed by atoms with Gasteiger partial charge in [0, 0.05) is 11.4 Å². The Morgan fingerprint density at radius 3 is 2.80 bits per heavy atom. The van der Waals surface area contributed by atoms with E-state index >= 15 is 0 Å². The molecule has 3 rings (SSSR count). The molecule has 1 amide bonds. The molecule has 132 valence electrons. The van der Waals surface area contributed by atoms with Crippen LogP contribution in [0.5, 0.6) is 5.75 Å². The highest BCUT2D eigenvalue weighted by molar-refractivity contribution is 5.95. The minimum atomic E-state index is -0.372. The molecule has 5 nitrogen and oxygen atoms in total. The van der Waals surface area contributed by atoms with E-state index in [1.807, 2.05) is 69.0 Å². The molecule has 0 saturated heterocycles. The number of aryl methyl sites for hydroxylation is 1. The molecule has 0 aliphatic carbocycles. The van der Waals surface area contributed by atoms with E-state index in [4.69, 9.17) is 10.5 Å². The second kappa shape index (κ2) is 6.31. The maximum atomic E-state index is 12.6. The quantitative estimate of drug-likeness (QED) is 0.840. The van der Waals surface area contributed by atoms with Crippen LogP contribution in [-0.2, 0) is 4.79 Å². The number of nitrogens with one attached hydrogen (secondary N) is 1. The lowest BCUT2D eigenvalue weighted by Crippen LogP contribution is -2.49. The summed E-state index contributed by atoms with van der Waals surface area (Å²) in [5.74, 6) is 0.699. The van der Waals surface area contributed by atoms with Crippen molar-refractivity contribution < 1.29 is 9.53 Å². The Kier molecular flexibility index (Phi) is 4.33. The Hall–Kier alpha value is -2.69. The summed E-state index contributed by atoms with van der Waals surface area (Å²) in [6.45, 7) is 8.94. The predicted octanol–water partition coefficient (Wildman–Crippen LogP) is 3.50. The lowest BCUT2D eigenvalue weighted by atomic mass is 10.0. The smallest absolute Gasteiger partial charge is 0.243 e. The van der Waals surface area contributed by atoms with Gasteiger partial charge in [0.15, 0.2) is 0 Å². The number of carbonyl (C=O) groups is 1. The number of nitrogens with two attached hydrogens (primary N) is 1. The predicted molar refractivity (Wildman–Crippen MR) is 102 cm³/mol. The third kappa shape index (κ3) is 3.71. The van der Waals surface area contributed by atoms with Crippen LogP contribution in [0.2, 0.25) is 0 Å². The third-order valence-electron chi connectivity index (χ3n) is 4.49. The molecule has 0 fully saturated rings. The summed E-state index contributed by atoms with van der Waals surface area (Å²) in [7, 11) is 0. The molecule has 2 aromatic carbocycles. The first-order valence-electron chi connectivity index (χ1n) is 8.45. The summed E-state index contributed by atoms with van der Waals surface area (Å²) >= 11 is 0. The summed E-state index contributed by atoms with van der Waals surface area (Å²) in [5.41, 5.74) is 10.2. The molecule has 0 radical (unpaired) electrons. The zero-order valence-corrected chi connectivity index (χ0v) is 15.2. The molecule has 0 aromatic heterocycles. The van der Waals surface area contributed by atoms with Crippen molar-refractivity contribution in [3.63, 3.8) is 0 Å². The maximum absolute atomic E-state index is 12.6. The van der Waals surface area contributed by atoms with Crippen LogP contribution >= 0.6 is 0 Å². The Morgan fingerprint density at radius 2 is 2.04 bits per heavy atom. The number of nitrogen functional groups attached to an aromatic ring is 1. The van der Waals surface area contributed by atoms with Crippen LogP contribution in [0, 0.1) is 13.8 Å². The topological polar surface area (TPSA) is 67.6 Å². The average molecular weight is 339 g/mol. The van der Waals surface area contributed by atoms with Crippen LogP contribution in [0.1, 0.15) is 25.0 Å². The lowest BCUT2D eigenvalue weighted by molar-refractivity contribution is -0.115. The molecule has 0 unspecified atom stereocenters.